The van der Waals surface area contributed by atoms with Gasteiger partial charge in [0.05, 0.1) is 12.8 Å². The summed E-state index contributed by atoms with van der Waals surface area (Å²) in [5, 5.41) is 9.96. The normalized spacial score (nSPS) is 12.6. The molecule has 92 valence electrons. The number of para-hydroxylation sites is 1. The van der Waals surface area contributed by atoms with E-state index in [0.29, 0.717) is 5.69 Å². The predicted molar refractivity (Wildman–Crippen MR) is 71.2 cm³/mol. The Bertz CT molecular complexity index is 523. The zero-order valence-electron chi connectivity index (χ0n) is 10.2. The van der Waals surface area contributed by atoms with Crippen LogP contribution in [0.3, 0.4) is 0 Å². The predicted octanol–water partition coefficient (Wildman–Crippen LogP) is 2.84. The van der Waals surface area contributed by atoms with Crippen LogP contribution < -0.4 is 4.74 Å². The van der Waals surface area contributed by atoms with Crippen molar-refractivity contribution in [2.45, 2.75) is 6.10 Å². The summed E-state index contributed by atoms with van der Waals surface area (Å²) in [6.07, 6.45) is 4.48. The first-order chi connectivity index (χ1) is 8.81. The lowest BCUT2D eigenvalue weighted by Gasteiger charge is -2.06. The third-order valence-corrected chi connectivity index (χ3v) is 2.59. The molecule has 0 aliphatic carbocycles. The molecule has 1 aromatic heterocycles. The van der Waals surface area contributed by atoms with Crippen LogP contribution >= 0.6 is 0 Å². The Balaban J connectivity index is 2.16. The molecule has 1 atom stereocenters. The van der Waals surface area contributed by atoms with Crippen LogP contribution in [0.15, 0.2) is 54.7 Å². The lowest BCUT2D eigenvalue weighted by molar-refractivity contribution is 0.224. The van der Waals surface area contributed by atoms with Crippen LogP contribution in [0.2, 0.25) is 0 Å². The highest BCUT2D eigenvalue weighted by Crippen LogP contribution is 2.20. The number of methoxy groups -OCH3 is 1. The van der Waals surface area contributed by atoms with Gasteiger partial charge < -0.3 is 9.84 Å². The van der Waals surface area contributed by atoms with Crippen LogP contribution in [-0.4, -0.2) is 17.2 Å². The lowest BCUT2D eigenvalue weighted by atomic mass is 10.1. The molecule has 0 radical (unpaired) electrons. The number of aliphatic hydroxyl groups is 1. The van der Waals surface area contributed by atoms with Crippen molar-refractivity contribution in [3.63, 3.8) is 0 Å². The Morgan fingerprint density at radius 1 is 1.17 bits per heavy atom. The number of nitrogens with zero attached hydrogens (tertiary/aromatic N) is 1. The number of benzene rings is 1. The average Bonchev–Trinajstić information content (AvgIpc) is 2.46. The van der Waals surface area contributed by atoms with E-state index in [4.69, 9.17) is 4.74 Å². The molecule has 18 heavy (non-hydrogen) atoms. The van der Waals surface area contributed by atoms with E-state index in [-0.39, 0.29) is 0 Å². The van der Waals surface area contributed by atoms with Crippen molar-refractivity contribution in [2.75, 3.05) is 7.11 Å². The van der Waals surface area contributed by atoms with Crippen molar-refractivity contribution < 1.29 is 9.84 Å². The summed E-state index contributed by atoms with van der Waals surface area (Å²) in [6, 6.07) is 13.1. The van der Waals surface area contributed by atoms with Crippen LogP contribution in [0.1, 0.15) is 17.4 Å². The molecule has 0 bridgehead atoms. The first kappa shape index (κ1) is 12.3. The summed E-state index contributed by atoms with van der Waals surface area (Å²) in [6.45, 7) is 0. The number of aliphatic hydroxyl groups excluding tert-OH is 1. The van der Waals surface area contributed by atoms with E-state index in [9.17, 15) is 5.11 Å². The third kappa shape index (κ3) is 2.96. The Kier molecular flexibility index (Phi) is 4.10. The zero-order valence-corrected chi connectivity index (χ0v) is 10.2. The maximum absolute atomic E-state index is 9.96. The topological polar surface area (TPSA) is 42.4 Å². The van der Waals surface area contributed by atoms with Gasteiger partial charge in [-0.05, 0) is 24.3 Å². The van der Waals surface area contributed by atoms with Gasteiger partial charge in [0.1, 0.15) is 11.9 Å². The molecule has 0 spiro atoms. The Morgan fingerprint density at radius 2 is 1.94 bits per heavy atom. The van der Waals surface area contributed by atoms with Gasteiger partial charge in [-0.25, -0.2) is 0 Å². The molecule has 0 aliphatic heterocycles. The second-order valence-electron chi connectivity index (χ2n) is 3.80. The smallest absolute Gasteiger partial charge is 0.126 e. The molecular formula is C15H15NO2. The van der Waals surface area contributed by atoms with E-state index in [1.165, 1.54) is 0 Å². The van der Waals surface area contributed by atoms with Crippen LogP contribution in [0, 0.1) is 0 Å². The molecule has 2 aromatic rings. The summed E-state index contributed by atoms with van der Waals surface area (Å²) < 4.78 is 5.23. The molecule has 0 saturated heterocycles. The van der Waals surface area contributed by atoms with Gasteiger partial charge in [0.2, 0.25) is 0 Å². The summed E-state index contributed by atoms with van der Waals surface area (Å²) in [5.41, 5.74) is 1.55. The SMILES string of the molecule is COc1ccccc1/C=C/[C@H](O)c1ccccn1. The molecule has 0 aliphatic rings. The highest BCUT2D eigenvalue weighted by Gasteiger charge is 2.04. The number of ether oxygens (including phenoxy) is 1. The van der Waals surface area contributed by atoms with E-state index in [0.717, 1.165) is 11.3 Å². The summed E-state index contributed by atoms with van der Waals surface area (Å²) in [7, 11) is 1.63. The molecule has 1 heterocycles. The van der Waals surface area contributed by atoms with Crippen LogP contribution in [0.4, 0.5) is 0 Å². The standard InChI is InChI=1S/C15H15NO2/c1-18-15-8-3-2-6-12(15)9-10-14(17)13-7-4-5-11-16-13/h2-11,14,17H,1H3/b10-9+/t14-/m0/s1. The third-order valence-electron chi connectivity index (χ3n) is 2.59. The zero-order chi connectivity index (χ0) is 12.8. The Morgan fingerprint density at radius 3 is 2.67 bits per heavy atom. The van der Waals surface area contributed by atoms with Gasteiger partial charge in [0.15, 0.2) is 0 Å². The summed E-state index contributed by atoms with van der Waals surface area (Å²) >= 11 is 0. The number of aromatic nitrogens is 1. The fraction of sp³-hybridized carbons (Fsp3) is 0.133. The van der Waals surface area contributed by atoms with Gasteiger partial charge >= 0.3 is 0 Å². The highest BCUT2D eigenvalue weighted by atomic mass is 16.5. The second-order valence-corrected chi connectivity index (χ2v) is 3.80. The van der Waals surface area contributed by atoms with Gasteiger partial charge in [0, 0.05) is 11.8 Å². The molecule has 3 heteroatoms. The van der Waals surface area contributed by atoms with Gasteiger partial charge in [-0.15, -0.1) is 0 Å². The van der Waals surface area contributed by atoms with Gasteiger partial charge in [-0.2, -0.15) is 0 Å². The van der Waals surface area contributed by atoms with E-state index in [2.05, 4.69) is 4.98 Å². The van der Waals surface area contributed by atoms with Crippen molar-refractivity contribution in [3.05, 3.63) is 66.0 Å². The molecule has 2 rings (SSSR count). The monoisotopic (exact) mass is 241 g/mol. The molecule has 0 unspecified atom stereocenters. The van der Waals surface area contributed by atoms with E-state index in [1.807, 2.05) is 42.5 Å². The molecule has 0 amide bonds. The minimum atomic E-state index is -0.712. The van der Waals surface area contributed by atoms with Crippen molar-refractivity contribution in [1.82, 2.24) is 4.98 Å². The first-order valence-corrected chi connectivity index (χ1v) is 5.71. The molecule has 1 aromatic carbocycles. The quantitative estimate of drug-likeness (QED) is 0.895. The molecular weight excluding hydrogens is 226 g/mol. The Hall–Kier alpha value is -2.13. The number of hydrogen-bond donors (Lipinski definition) is 1. The number of pyridine rings is 1. The fourth-order valence-corrected chi connectivity index (χ4v) is 1.65. The first-order valence-electron chi connectivity index (χ1n) is 5.71. The van der Waals surface area contributed by atoms with E-state index in [1.54, 1.807) is 25.4 Å². The second kappa shape index (κ2) is 5.98. The van der Waals surface area contributed by atoms with Crippen LogP contribution in [0.5, 0.6) is 5.75 Å². The Labute approximate surface area is 106 Å². The van der Waals surface area contributed by atoms with Crippen LogP contribution in [-0.2, 0) is 0 Å². The maximum Gasteiger partial charge on any atom is 0.126 e. The van der Waals surface area contributed by atoms with E-state index >= 15 is 0 Å². The highest BCUT2D eigenvalue weighted by molar-refractivity contribution is 5.57. The average molecular weight is 241 g/mol. The van der Waals surface area contributed by atoms with Gasteiger partial charge in [-0.1, -0.05) is 30.3 Å². The van der Waals surface area contributed by atoms with Gasteiger partial charge in [-0.3, -0.25) is 4.98 Å². The van der Waals surface area contributed by atoms with Crippen molar-refractivity contribution >= 4 is 6.08 Å². The molecule has 1 N–H and O–H groups in total. The van der Waals surface area contributed by atoms with Gasteiger partial charge in [0.25, 0.3) is 0 Å². The number of rotatable bonds is 4. The largest absolute Gasteiger partial charge is 0.496 e. The van der Waals surface area contributed by atoms with Crippen molar-refractivity contribution in [3.8, 4) is 5.75 Å². The van der Waals surface area contributed by atoms with Crippen LogP contribution in [0.25, 0.3) is 6.08 Å². The summed E-state index contributed by atoms with van der Waals surface area (Å²) in [4.78, 5) is 4.10. The van der Waals surface area contributed by atoms with Crippen molar-refractivity contribution in [2.24, 2.45) is 0 Å². The fourth-order valence-electron chi connectivity index (χ4n) is 1.65. The minimum absolute atomic E-state index is 0.628. The van der Waals surface area contributed by atoms with E-state index < -0.39 is 6.10 Å². The molecule has 0 saturated carbocycles. The minimum Gasteiger partial charge on any atom is -0.496 e. The number of hydrogen-bond acceptors (Lipinski definition) is 3. The molecule has 3 nitrogen and oxygen atoms in total. The summed E-state index contributed by atoms with van der Waals surface area (Å²) in [5.74, 6) is 0.780. The van der Waals surface area contributed by atoms with Crippen molar-refractivity contribution in [1.29, 1.82) is 0 Å². The maximum atomic E-state index is 9.96. The lowest BCUT2D eigenvalue weighted by Crippen LogP contribution is -1.95. The molecule has 0 fully saturated rings.